The van der Waals surface area contributed by atoms with Crippen molar-refractivity contribution in [1.82, 2.24) is 20.0 Å². The summed E-state index contributed by atoms with van der Waals surface area (Å²) in [5.74, 6) is -0.471. The number of benzene rings is 1. The van der Waals surface area contributed by atoms with E-state index in [9.17, 15) is 19.7 Å². The number of nitrogens with one attached hydrogen (secondary N) is 2. The number of aromatic nitrogens is 2. The molecular formula is C21H27N7O5. The number of nitro benzene ring substituents is 1. The highest BCUT2D eigenvalue weighted by Crippen LogP contribution is 2.29. The predicted molar refractivity (Wildman–Crippen MR) is 121 cm³/mol. The summed E-state index contributed by atoms with van der Waals surface area (Å²) < 4.78 is 6.21. The van der Waals surface area contributed by atoms with E-state index >= 15 is 0 Å². The first-order chi connectivity index (χ1) is 15.9. The largest absolute Gasteiger partial charge is 0.448 e. The summed E-state index contributed by atoms with van der Waals surface area (Å²) in [5, 5.41) is 21.8. The van der Waals surface area contributed by atoms with Crippen molar-refractivity contribution < 1.29 is 19.2 Å². The molecule has 0 bridgehead atoms. The molecule has 0 unspecified atom stereocenters. The zero-order valence-electron chi connectivity index (χ0n) is 18.7. The summed E-state index contributed by atoms with van der Waals surface area (Å²) in [6, 6.07) is 4.63. The molecule has 1 aromatic heterocycles. The molecular weight excluding hydrogens is 430 g/mol. The Morgan fingerprint density at radius 3 is 2.73 bits per heavy atom. The minimum absolute atomic E-state index is 0.0684. The molecule has 0 aliphatic carbocycles. The van der Waals surface area contributed by atoms with Crippen LogP contribution in [0.15, 0.2) is 18.2 Å². The highest BCUT2D eigenvalue weighted by atomic mass is 16.6. The van der Waals surface area contributed by atoms with Crippen molar-refractivity contribution in [3.8, 4) is 0 Å². The van der Waals surface area contributed by atoms with Crippen molar-refractivity contribution >= 4 is 29.2 Å². The SMILES string of the molecule is CCOC(=O)n1nc(NC(=O)c2ccc(N3CCN(C)CC3)cc2[N+](=O)[O-])c2c1CCNC2. The van der Waals surface area contributed by atoms with Crippen LogP contribution in [0.25, 0.3) is 0 Å². The van der Waals surface area contributed by atoms with E-state index in [1.54, 1.807) is 13.0 Å². The van der Waals surface area contributed by atoms with E-state index in [4.69, 9.17) is 4.74 Å². The average Bonchev–Trinajstić information content (AvgIpc) is 3.18. The molecule has 0 radical (unpaired) electrons. The van der Waals surface area contributed by atoms with Gasteiger partial charge in [-0.2, -0.15) is 4.68 Å². The molecule has 1 aromatic carbocycles. The zero-order chi connectivity index (χ0) is 23.5. The third-order valence-corrected chi connectivity index (χ3v) is 5.89. The van der Waals surface area contributed by atoms with E-state index in [-0.39, 0.29) is 23.7 Å². The van der Waals surface area contributed by atoms with Crippen molar-refractivity contribution in [1.29, 1.82) is 0 Å². The van der Waals surface area contributed by atoms with Crippen molar-refractivity contribution in [2.24, 2.45) is 0 Å². The molecule has 2 N–H and O–H groups in total. The lowest BCUT2D eigenvalue weighted by molar-refractivity contribution is -0.385. The molecule has 176 valence electrons. The summed E-state index contributed by atoms with van der Waals surface area (Å²) in [7, 11) is 2.03. The van der Waals surface area contributed by atoms with E-state index in [1.807, 2.05) is 7.05 Å². The van der Waals surface area contributed by atoms with E-state index in [2.05, 4.69) is 25.5 Å². The predicted octanol–water partition coefficient (Wildman–Crippen LogP) is 1.45. The zero-order valence-corrected chi connectivity index (χ0v) is 18.7. The summed E-state index contributed by atoms with van der Waals surface area (Å²) >= 11 is 0. The van der Waals surface area contributed by atoms with Gasteiger partial charge in [-0.3, -0.25) is 14.9 Å². The molecule has 4 rings (SSSR count). The average molecular weight is 457 g/mol. The Balaban J connectivity index is 1.61. The van der Waals surface area contributed by atoms with Gasteiger partial charge in [0.05, 0.1) is 17.2 Å². The Labute approximate surface area is 190 Å². The highest BCUT2D eigenvalue weighted by Gasteiger charge is 2.28. The van der Waals surface area contributed by atoms with Gasteiger partial charge >= 0.3 is 6.09 Å². The number of ether oxygens (including phenoxy) is 1. The number of amides is 1. The molecule has 12 nitrogen and oxygen atoms in total. The minimum atomic E-state index is -0.659. The molecule has 0 atom stereocenters. The first kappa shape index (κ1) is 22.7. The monoisotopic (exact) mass is 457 g/mol. The second kappa shape index (κ2) is 9.55. The van der Waals surface area contributed by atoms with Crippen LogP contribution in [0.1, 0.15) is 28.5 Å². The van der Waals surface area contributed by atoms with Gasteiger partial charge in [-0.1, -0.05) is 0 Å². The Morgan fingerprint density at radius 1 is 1.27 bits per heavy atom. The van der Waals surface area contributed by atoms with Crippen LogP contribution in [0.3, 0.4) is 0 Å². The topological polar surface area (TPSA) is 135 Å². The van der Waals surface area contributed by atoms with Gasteiger partial charge in [-0.25, -0.2) is 4.79 Å². The number of nitro groups is 1. The molecule has 2 aliphatic rings. The van der Waals surface area contributed by atoms with Gasteiger partial charge in [0.1, 0.15) is 5.56 Å². The molecule has 1 fully saturated rings. The van der Waals surface area contributed by atoms with Gasteiger partial charge in [0.25, 0.3) is 11.6 Å². The fraction of sp³-hybridized carbons (Fsp3) is 0.476. The number of carbonyl (C=O) groups is 2. The normalized spacial score (nSPS) is 16.2. The van der Waals surface area contributed by atoms with E-state index in [1.165, 1.54) is 12.1 Å². The first-order valence-corrected chi connectivity index (χ1v) is 10.9. The number of rotatable bonds is 5. The second-order valence-corrected chi connectivity index (χ2v) is 8.01. The van der Waals surface area contributed by atoms with Crippen LogP contribution in [0, 0.1) is 10.1 Å². The maximum absolute atomic E-state index is 13.0. The minimum Gasteiger partial charge on any atom is -0.448 e. The van der Waals surface area contributed by atoms with Gasteiger partial charge in [0, 0.05) is 63.0 Å². The third-order valence-electron chi connectivity index (χ3n) is 5.89. The summed E-state index contributed by atoms with van der Waals surface area (Å²) in [6.45, 7) is 6.19. The van der Waals surface area contributed by atoms with E-state index in [0.29, 0.717) is 36.5 Å². The molecule has 3 heterocycles. The number of nitrogens with zero attached hydrogens (tertiary/aromatic N) is 5. The number of piperazine rings is 1. The van der Waals surface area contributed by atoms with Gasteiger partial charge in [-0.05, 0) is 26.1 Å². The van der Waals surface area contributed by atoms with Crippen molar-refractivity contribution in [2.75, 3.05) is 56.6 Å². The van der Waals surface area contributed by atoms with Crippen molar-refractivity contribution in [3.63, 3.8) is 0 Å². The lowest BCUT2D eigenvalue weighted by atomic mass is 10.1. The molecule has 33 heavy (non-hydrogen) atoms. The van der Waals surface area contributed by atoms with Crippen molar-refractivity contribution in [3.05, 3.63) is 45.1 Å². The standard InChI is InChI=1S/C21H27N7O5/c1-3-33-21(30)27-17-6-7-22-13-16(17)19(24-27)23-20(29)15-5-4-14(12-18(15)28(31)32)26-10-8-25(2)9-11-26/h4-5,12,22H,3,6-11,13H2,1-2H3,(H,23,24,29). The number of anilines is 2. The van der Waals surface area contributed by atoms with Gasteiger partial charge in [0.2, 0.25) is 0 Å². The van der Waals surface area contributed by atoms with Crippen LogP contribution < -0.4 is 15.5 Å². The van der Waals surface area contributed by atoms with Crippen LogP contribution in [0.2, 0.25) is 0 Å². The fourth-order valence-corrected chi connectivity index (χ4v) is 4.08. The smallest absolute Gasteiger partial charge is 0.434 e. The Hall–Kier alpha value is -3.51. The molecule has 0 spiro atoms. The van der Waals surface area contributed by atoms with Crippen LogP contribution in [-0.4, -0.2) is 78.0 Å². The fourth-order valence-electron chi connectivity index (χ4n) is 4.08. The molecule has 2 aromatic rings. The number of hydrogen-bond acceptors (Lipinski definition) is 9. The summed E-state index contributed by atoms with van der Waals surface area (Å²) in [6.07, 6.45) is -0.0877. The summed E-state index contributed by atoms with van der Waals surface area (Å²) in [4.78, 5) is 40.8. The molecule has 1 saturated heterocycles. The van der Waals surface area contributed by atoms with Gasteiger partial charge in [-0.15, -0.1) is 5.10 Å². The summed E-state index contributed by atoms with van der Waals surface area (Å²) in [5.41, 5.74) is 1.68. The number of carbonyl (C=O) groups excluding carboxylic acids is 2. The lowest BCUT2D eigenvalue weighted by Gasteiger charge is -2.34. The Morgan fingerprint density at radius 2 is 2.03 bits per heavy atom. The van der Waals surface area contributed by atoms with E-state index < -0.39 is 16.9 Å². The van der Waals surface area contributed by atoms with Gasteiger partial charge in [0.15, 0.2) is 5.82 Å². The molecule has 0 saturated carbocycles. The van der Waals surface area contributed by atoms with Crippen LogP contribution in [0.4, 0.5) is 22.0 Å². The molecule has 1 amide bonds. The molecule has 2 aliphatic heterocycles. The molecule has 12 heteroatoms. The Bertz CT molecular complexity index is 1080. The number of likely N-dealkylation sites (N-methyl/N-ethyl adjacent to an activating group) is 1. The lowest BCUT2D eigenvalue weighted by Crippen LogP contribution is -2.44. The van der Waals surface area contributed by atoms with Crippen molar-refractivity contribution in [2.45, 2.75) is 19.9 Å². The van der Waals surface area contributed by atoms with Crippen LogP contribution >= 0.6 is 0 Å². The maximum atomic E-state index is 13.0. The number of hydrogen-bond donors (Lipinski definition) is 2. The van der Waals surface area contributed by atoms with E-state index in [0.717, 1.165) is 30.9 Å². The second-order valence-electron chi connectivity index (χ2n) is 8.01. The first-order valence-electron chi connectivity index (χ1n) is 10.9. The third kappa shape index (κ3) is 4.66. The maximum Gasteiger partial charge on any atom is 0.434 e. The van der Waals surface area contributed by atoms with Crippen LogP contribution in [-0.2, 0) is 17.7 Å². The quantitative estimate of drug-likeness (QED) is 0.505. The van der Waals surface area contributed by atoms with Crippen LogP contribution in [0.5, 0.6) is 0 Å². The highest BCUT2D eigenvalue weighted by molar-refractivity contribution is 6.07. The van der Waals surface area contributed by atoms with Gasteiger partial charge < -0.3 is 25.2 Å². The number of fused-ring (bicyclic) bond motifs is 1. The Kier molecular flexibility index (Phi) is 6.56.